The lowest BCUT2D eigenvalue weighted by Gasteiger charge is -2.47. The maximum atomic E-state index is 12.9. The fourth-order valence-corrected chi connectivity index (χ4v) is 3.47. The Kier molecular flexibility index (Phi) is 4.56. The van der Waals surface area contributed by atoms with Gasteiger partial charge in [0.2, 0.25) is 0 Å². The number of pyridine rings is 1. The number of carbonyl (C=O) groups excluding carboxylic acids is 1. The molecule has 0 aliphatic carbocycles. The van der Waals surface area contributed by atoms with E-state index in [2.05, 4.69) is 4.98 Å². The third kappa shape index (κ3) is 3.75. The van der Waals surface area contributed by atoms with Crippen LogP contribution in [0.25, 0.3) is 10.9 Å². The minimum Gasteiger partial charge on any atom is -0.331 e. The lowest BCUT2D eigenvalue weighted by Crippen LogP contribution is -2.62. The van der Waals surface area contributed by atoms with Crippen LogP contribution in [0, 0.1) is 0 Å². The molecule has 1 aliphatic heterocycles. The van der Waals surface area contributed by atoms with Crippen LogP contribution >= 0.6 is 0 Å². The molecule has 0 atom stereocenters. The number of alkyl halides is 3. The smallest absolute Gasteiger partial charge is 0.331 e. The van der Waals surface area contributed by atoms with Crippen LogP contribution in [0.15, 0.2) is 35.1 Å². The number of amides is 1. The van der Waals surface area contributed by atoms with E-state index in [0.717, 1.165) is 5.39 Å². The molecular weight excluding hydrogens is 347 g/mol. The molecule has 0 bridgehead atoms. The van der Waals surface area contributed by atoms with E-state index < -0.39 is 29.7 Å². The van der Waals surface area contributed by atoms with E-state index in [1.54, 1.807) is 38.1 Å². The summed E-state index contributed by atoms with van der Waals surface area (Å²) in [5, 5.41) is 0.726. The molecule has 0 unspecified atom stereocenters. The van der Waals surface area contributed by atoms with Crippen molar-refractivity contribution >= 4 is 16.8 Å². The Morgan fingerprint density at radius 2 is 1.92 bits per heavy atom. The van der Waals surface area contributed by atoms with Gasteiger partial charge >= 0.3 is 6.18 Å². The summed E-state index contributed by atoms with van der Waals surface area (Å²) in [5.74, 6) is -0.464. The third-order valence-electron chi connectivity index (χ3n) is 4.61. The van der Waals surface area contributed by atoms with E-state index in [1.165, 1.54) is 15.9 Å². The minimum absolute atomic E-state index is 0.000969. The van der Waals surface area contributed by atoms with E-state index in [-0.39, 0.29) is 25.2 Å². The highest BCUT2D eigenvalue weighted by atomic mass is 19.4. The topological polar surface area (TPSA) is 56.4 Å². The van der Waals surface area contributed by atoms with Crippen molar-refractivity contribution in [3.63, 3.8) is 0 Å². The molecule has 1 saturated heterocycles. The van der Waals surface area contributed by atoms with Gasteiger partial charge < -0.3 is 9.88 Å². The van der Waals surface area contributed by atoms with Crippen molar-refractivity contribution in [2.75, 3.05) is 26.2 Å². The number of halogens is 3. The fourth-order valence-electron chi connectivity index (χ4n) is 3.47. The first-order valence-corrected chi connectivity index (χ1v) is 8.30. The van der Waals surface area contributed by atoms with Crippen molar-refractivity contribution < 1.29 is 18.0 Å². The van der Waals surface area contributed by atoms with Gasteiger partial charge in [-0.2, -0.15) is 13.2 Å². The first-order chi connectivity index (χ1) is 12.1. The summed E-state index contributed by atoms with van der Waals surface area (Å²) >= 11 is 0. The minimum atomic E-state index is -4.28. The van der Waals surface area contributed by atoms with Crippen LogP contribution in [0.2, 0.25) is 0 Å². The van der Waals surface area contributed by atoms with Gasteiger partial charge in [0.25, 0.3) is 11.5 Å². The predicted octanol–water partition coefficient (Wildman–Crippen LogP) is 2.63. The quantitative estimate of drug-likeness (QED) is 0.888. The zero-order valence-corrected chi connectivity index (χ0v) is 14.6. The summed E-state index contributed by atoms with van der Waals surface area (Å²) in [7, 11) is 0. The molecule has 2 heterocycles. The van der Waals surface area contributed by atoms with Crippen molar-refractivity contribution in [1.29, 1.82) is 0 Å². The molecule has 140 valence electrons. The highest BCUT2D eigenvalue weighted by molar-refractivity contribution is 5.97. The molecule has 2 aromatic rings. The van der Waals surface area contributed by atoms with Crippen molar-refractivity contribution in [3.05, 3.63) is 46.2 Å². The monoisotopic (exact) mass is 367 g/mol. The molecule has 1 N–H and O–H groups in total. The summed E-state index contributed by atoms with van der Waals surface area (Å²) in [5.41, 5.74) is -0.690. The lowest BCUT2D eigenvalue weighted by molar-refractivity contribution is -0.153. The number of piperazine rings is 1. The molecule has 0 spiro atoms. The van der Waals surface area contributed by atoms with Crippen molar-refractivity contribution in [1.82, 2.24) is 14.8 Å². The number of fused-ring (bicyclic) bond motifs is 1. The largest absolute Gasteiger partial charge is 0.401 e. The van der Waals surface area contributed by atoms with E-state index in [1.807, 2.05) is 0 Å². The molecule has 0 radical (unpaired) electrons. The molecule has 3 rings (SSSR count). The Balaban J connectivity index is 1.86. The summed E-state index contributed by atoms with van der Waals surface area (Å²) in [6.45, 7) is 2.75. The molecule has 1 amide bonds. The number of H-pyrrole nitrogens is 1. The van der Waals surface area contributed by atoms with Gasteiger partial charge in [-0.1, -0.05) is 18.2 Å². The standard InChI is InChI=1S/C18H20F3N3O2/c1-17(2)10-23(11-18(19,20)21)7-8-24(17)16(26)13-9-12-5-3-4-6-14(12)22-15(13)25/h3-6,9H,7-8,10-11H2,1-2H3,(H,22,25). The Morgan fingerprint density at radius 1 is 1.23 bits per heavy atom. The second-order valence-corrected chi connectivity index (χ2v) is 7.19. The first-order valence-electron chi connectivity index (χ1n) is 8.30. The first kappa shape index (κ1) is 18.4. The van der Waals surface area contributed by atoms with E-state index in [9.17, 15) is 22.8 Å². The van der Waals surface area contributed by atoms with Gasteiger partial charge in [0.05, 0.1) is 12.1 Å². The number of nitrogens with zero attached hydrogens (tertiary/aromatic N) is 2. The van der Waals surface area contributed by atoms with Crippen LogP contribution < -0.4 is 5.56 Å². The van der Waals surface area contributed by atoms with Gasteiger partial charge in [0.1, 0.15) is 5.56 Å². The molecule has 0 saturated carbocycles. The van der Waals surface area contributed by atoms with Crippen LogP contribution in [0.4, 0.5) is 13.2 Å². The van der Waals surface area contributed by atoms with Crippen molar-refractivity contribution in [2.45, 2.75) is 25.6 Å². The summed E-state index contributed by atoms with van der Waals surface area (Å²) in [6, 6.07) is 8.64. The number of hydrogen-bond acceptors (Lipinski definition) is 3. The molecular formula is C18H20F3N3O2. The predicted molar refractivity (Wildman–Crippen MR) is 92.2 cm³/mol. The van der Waals surface area contributed by atoms with Gasteiger partial charge in [0.15, 0.2) is 0 Å². The van der Waals surface area contributed by atoms with E-state index >= 15 is 0 Å². The van der Waals surface area contributed by atoms with Crippen molar-refractivity contribution in [3.8, 4) is 0 Å². The third-order valence-corrected chi connectivity index (χ3v) is 4.61. The summed E-state index contributed by atoms with van der Waals surface area (Å²) in [4.78, 5) is 30.7. The summed E-state index contributed by atoms with van der Waals surface area (Å²) < 4.78 is 37.9. The lowest BCUT2D eigenvalue weighted by atomic mass is 9.97. The Morgan fingerprint density at radius 3 is 2.58 bits per heavy atom. The number of rotatable bonds is 2. The number of aromatic nitrogens is 1. The van der Waals surface area contributed by atoms with Crippen LogP contribution in [0.5, 0.6) is 0 Å². The van der Waals surface area contributed by atoms with Gasteiger partial charge in [0, 0.05) is 25.2 Å². The molecule has 1 aliphatic rings. The van der Waals surface area contributed by atoms with Gasteiger partial charge in [-0.25, -0.2) is 0 Å². The Hall–Kier alpha value is -2.35. The zero-order chi connectivity index (χ0) is 19.1. The highest BCUT2D eigenvalue weighted by Crippen LogP contribution is 2.26. The fraction of sp³-hybridized carbons (Fsp3) is 0.444. The van der Waals surface area contributed by atoms with E-state index in [0.29, 0.717) is 5.52 Å². The van der Waals surface area contributed by atoms with E-state index in [4.69, 9.17) is 0 Å². The van der Waals surface area contributed by atoms with Crippen molar-refractivity contribution in [2.24, 2.45) is 0 Å². The Bertz CT molecular complexity index is 889. The maximum absolute atomic E-state index is 12.9. The number of aromatic amines is 1. The molecule has 26 heavy (non-hydrogen) atoms. The number of para-hydroxylation sites is 1. The maximum Gasteiger partial charge on any atom is 0.401 e. The second-order valence-electron chi connectivity index (χ2n) is 7.19. The number of hydrogen-bond donors (Lipinski definition) is 1. The average Bonchev–Trinajstić information content (AvgIpc) is 2.51. The van der Waals surface area contributed by atoms with Crippen LogP contribution in [0.3, 0.4) is 0 Å². The Labute approximate surface area is 148 Å². The zero-order valence-electron chi connectivity index (χ0n) is 14.6. The summed E-state index contributed by atoms with van der Waals surface area (Å²) in [6.07, 6.45) is -4.28. The molecule has 1 aromatic carbocycles. The normalized spacial score (nSPS) is 18.3. The van der Waals surface area contributed by atoms with Crippen LogP contribution in [-0.4, -0.2) is 58.6 Å². The second kappa shape index (κ2) is 6.42. The van der Waals surface area contributed by atoms with Gasteiger partial charge in [-0.05, 0) is 31.4 Å². The number of nitrogens with one attached hydrogen (secondary N) is 1. The average molecular weight is 367 g/mol. The van der Waals surface area contributed by atoms with Crippen LogP contribution in [-0.2, 0) is 0 Å². The number of benzene rings is 1. The van der Waals surface area contributed by atoms with Crippen LogP contribution in [0.1, 0.15) is 24.2 Å². The SMILES string of the molecule is CC1(C)CN(CC(F)(F)F)CCN1C(=O)c1cc2ccccc2[nH]c1=O. The molecule has 1 fully saturated rings. The van der Waals surface area contributed by atoms with Gasteiger partial charge in [-0.15, -0.1) is 0 Å². The molecule has 1 aromatic heterocycles. The molecule has 5 nitrogen and oxygen atoms in total. The highest BCUT2D eigenvalue weighted by Gasteiger charge is 2.41. The number of carbonyl (C=O) groups is 1. The molecule has 8 heteroatoms. The van der Waals surface area contributed by atoms with Gasteiger partial charge in [-0.3, -0.25) is 14.5 Å².